The minimum atomic E-state index is -3.67. The van der Waals surface area contributed by atoms with Gasteiger partial charge in [0.05, 0.1) is 17.6 Å². The summed E-state index contributed by atoms with van der Waals surface area (Å²) in [6, 6.07) is 13.5. The fourth-order valence-corrected chi connectivity index (χ4v) is 4.95. The molecule has 7 heteroatoms. The molecule has 0 unspecified atom stereocenters. The summed E-state index contributed by atoms with van der Waals surface area (Å²) in [5.41, 5.74) is 2.76. The van der Waals surface area contributed by atoms with Crippen molar-refractivity contribution >= 4 is 27.9 Å². The van der Waals surface area contributed by atoms with E-state index in [-0.39, 0.29) is 23.8 Å². The highest BCUT2D eigenvalue weighted by Gasteiger charge is 2.32. The van der Waals surface area contributed by atoms with E-state index < -0.39 is 21.9 Å². The summed E-state index contributed by atoms with van der Waals surface area (Å²) in [6.45, 7) is 4.03. The summed E-state index contributed by atoms with van der Waals surface area (Å²) in [6.07, 6.45) is 2.09. The molecule has 1 aliphatic rings. The molecule has 0 radical (unpaired) electrons. The zero-order valence-electron chi connectivity index (χ0n) is 17.3. The van der Waals surface area contributed by atoms with Crippen molar-refractivity contribution in [2.24, 2.45) is 5.92 Å². The van der Waals surface area contributed by atoms with Crippen LogP contribution in [0.5, 0.6) is 0 Å². The molecule has 1 heterocycles. The fraction of sp³-hybridized carbons (Fsp3) is 0.304. The van der Waals surface area contributed by atoms with Crippen molar-refractivity contribution in [1.82, 2.24) is 4.31 Å². The molecule has 0 aromatic heterocycles. The van der Waals surface area contributed by atoms with Gasteiger partial charge in [-0.2, -0.15) is 4.31 Å². The number of rotatable bonds is 4. The number of aryl methyl sites for hydroxylation is 1. The highest BCUT2D eigenvalue weighted by atomic mass is 32.2. The van der Waals surface area contributed by atoms with Crippen molar-refractivity contribution < 1.29 is 22.7 Å². The van der Waals surface area contributed by atoms with Gasteiger partial charge in [0.25, 0.3) is 0 Å². The van der Waals surface area contributed by atoms with Crippen molar-refractivity contribution in [3.63, 3.8) is 0 Å². The van der Waals surface area contributed by atoms with E-state index in [4.69, 9.17) is 0 Å². The predicted molar refractivity (Wildman–Crippen MR) is 114 cm³/mol. The molecule has 6 nitrogen and oxygen atoms in total. The van der Waals surface area contributed by atoms with Gasteiger partial charge in [-0.05, 0) is 54.8 Å². The molecule has 2 aromatic carbocycles. The van der Waals surface area contributed by atoms with Crippen LogP contribution in [0, 0.1) is 12.8 Å². The van der Waals surface area contributed by atoms with Gasteiger partial charge in [0, 0.05) is 19.0 Å². The van der Waals surface area contributed by atoms with Gasteiger partial charge < -0.3 is 4.74 Å². The Morgan fingerprint density at radius 1 is 1.10 bits per heavy atom. The second-order valence-corrected chi connectivity index (χ2v) is 9.41. The summed E-state index contributed by atoms with van der Waals surface area (Å²) in [4.78, 5) is 24.7. The molecule has 1 saturated heterocycles. The lowest BCUT2D eigenvalue weighted by Gasteiger charge is -2.21. The number of hydrogen-bond donors (Lipinski definition) is 0. The Bertz CT molecular complexity index is 1070. The smallest absolute Gasteiger partial charge is 0.337 e. The van der Waals surface area contributed by atoms with Crippen LogP contribution in [0.2, 0.25) is 0 Å². The third-order valence-corrected chi connectivity index (χ3v) is 7.08. The zero-order valence-corrected chi connectivity index (χ0v) is 18.1. The molecule has 158 valence electrons. The number of carbonyl (C=O) groups is 2. The van der Waals surface area contributed by atoms with Crippen molar-refractivity contribution in [2.45, 2.75) is 25.2 Å². The van der Waals surface area contributed by atoms with Crippen molar-refractivity contribution in [2.75, 3.05) is 20.2 Å². The van der Waals surface area contributed by atoms with Crippen LogP contribution in [0.25, 0.3) is 6.08 Å². The van der Waals surface area contributed by atoms with Gasteiger partial charge in [-0.15, -0.1) is 0 Å². The maximum atomic E-state index is 13.0. The average Bonchev–Trinajstić information content (AvgIpc) is 2.88. The van der Waals surface area contributed by atoms with E-state index in [0.717, 1.165) is 11.1 Å². The lowest BCUT2D eigenvalue weighted by Crippen LogP contribution is -2.35. The molecule has 1 atom stereocenters. The molecule has 0 saturated carbocycles. The number of ketones is 1. The number of carbonyl (C=O) groups excluding carboxylic acids is 2. The monoisotopic (exact) mass is 427 g/mol. The van der Waals surface area contributed by atoms with Crippen molar-refractivity contribution in [3.8, 4) is 0 Å². The molecule has 3 rings (SSSR count). The first-order valence-electron chi connectivity index (χ1n) is 9.72. The zero-order chi connectivity index (χ0) is 21.9. The van der Waals surface area contributed by atoms with E-state index in [1.54, 1.807) is 61.5 Å². The number of esters is 1. The normalized spacial score (nSPS) is 19.5. The van der Waals surface area contributed by atoms with E-state index in [9.17, 15) is 18.0 Å². The van der Waals surface area contributed by atoms with Crippen molar-refractivity contribution in [1.29, 1.82) is 0 Å². The summed E-state index contributed by atoms with van der Waals surface area (Å²) in [5, 5.41) is 0. The SMILES string of the molecule is COC(=O)c1ccc(/C=C2\CCN(S(=O)(=O)c3ccc(C)cc3)C[C@@H](C)C2=O)cc1. The van der Waals surface area contributed by atoms with Gasteiger partial charge in [0.2, 0.25) is 10.0 Å². The molecule has 2 aromatic rings. The van der Waals surface area contributed by atoms with Gasteiger partial charge >= 0.3 is 5.97 Å². The first-order chi connectivity index (χ1) is 14.2. The van der Waals surface area contributed by atoms with E-state index in [1.165, 1.54) is 11.4 Å². The summed E-state index contributed by atoms with van der Waals surface area (Å²) >= 11 is 0. The van der Waals surface area contributed by atoms with E-state index in [1.807, 2.05) is 6.92 Å². The Morgan fingerprint density at radius 3 is 2.33 bits per heavy atom. The Balaban J connectivity index is 1.84. The first kappa shape index (κ1) is 21.9. The lowest BCUT2D eigenvalue weighted by atomic mass is 9.97. The van der Waals surface area contributed by atoms with Gasteiger partial charge in [-0.25, -0.2) is 13.2 Å². The molecular weight excluding hydrogens is 402 g/mol. The van der Waals surface area contributed by atoms with Crippen LogP contribution < -0.4 is 0 Å². The maximum Gasteiger partial charge on any atom is 0.337 e. The van der Waals surface area contributed by atoms with Crippen LogP contribution >= 0.6 is 0 Å². The minimum absolute atomic E-state index is 0.0614. The molecule has 0 aliphatic carbocycles. The number of methoxy groups -OCH3 is 1. The minimum Gasteiger partial charge on any atom is -0.465 e. The van der Waals surface area contributed by atoms with E-state index in [2.05, 4.69) is 4.74 Å². The molecule has 30 heavy (non-hydrogen) atoms. The number of benzene rings is 2. The second kappa shape index (κ2) is 8.93. The fourth-order valence-electron chi connectivity index (χ4n) is 3.42. The molecule has 1 aliphatic heterocycles. The number of sulfonamides is 1. The second-order valence-electron chi connectivity index (χ2n) is 7.47. The average molecular weight is 428 g/mol. The van der Waals surface area contributed by atoms with Gasteiger partial charge in [-0.3, -0.25) is 4.79 Å². The Kier molecular flexibility index (Phi) is 6.53. The highest BCUT2D eigenvalue weighted by Crippen LogP contribution is 2.25. The van der Waals surface area contributed by atoms with Crippen LogP contribution in [-0.4, -0.2) is 44.7 Å². The Morgan fingerprint density at radius 2 is 1.73 bits per heavy atom. The molecule has 1 fully saturated rings. The highest BCUT2D eigenvalue weighted by molar-refractivity contribution is 7.89. The standard InChI is InChI=1S/C23H25NO5S/c1-16-4-10-21(11-5-16)30(27,28)24-13-12-20(22(25)17(2)15-24)14-18-6-8-19(9-7-18)23(26)29-3/h4-11,14,17H,12-13,15H2,1-3H3/b20-14+/t17-/m1/s1. The summed E-state index contributed by atoms with van der Waals surface area (Å²) < 4.78 is 32.2. The van der Waals surface area contributed by atoms with Crippen LogP contribution in [-0.2, 0) is 19.6 Å². The molecule has 0 N–H and O–H groups in total. The Hall–Kier alpha value is -2.77. The largest absolute Gasteiger partial charge is 0.465 e. The predicted octanol–water partition coefficient (Wildman–Crippen LogP) is 3.46. The lowest BCUT2D eigenvalue weighted by molar-refractivity contribution is -0.118. The first-order valence-corrected chi connectivity index (χ1v) is 11.2. The maximum absolute atomic E-state index is 13.0. The quantitative estimate of drug-likeness (QED) is 0.551. The molecule has 0 spiro atoms. The summed E-state index contributed by atoms with van der Waals surface area (Å²) in [7, 11) is -2.35. The number of ether oxygens (including phenoxy) is 1. The van der Waals surface area contributed by atoms with E-state index >= 15 is 0 Å². The van der Waals surface area contributed by atoms with Crippen LogP contribution in [0.15, 0.2) is 59.0 Å². The number of hydrogen-bond acceptors (Lipinski definition) is 5. The van der Waals surface area contributed by atoms with Gasteiger partial charge in [-0.1, -0.05) is 36.8 Å². The Labute approximate surface area is 177 Å². The van der Waals surface area contributed by atoms with Gasteiger partial charge in [0.1, 0.15) is 0 Å². The topological polar surface area (TPSA) is 80.8 Å². The molecular formula is C23H25NO5S. The number of nitrogens with zero attached hydrogens (tertiary/aromatic N) is 1. The van der Waals surface area contributed by atoms with Crippen LogP contribution in [0.1, 0.15) is 34.8 Å². The van der Waals surface area contributed by atoms with E-state index in [0.29, 0.717) is 17.6 Å². The van der Waals surface area contributed by atoms with Gasteiger partial charge in [0.15, 0.2) is 5.78 Å². The van der Waals surface area contributed by atoms with Crippen LogP contribution in [0.4, 0.5) is 0 Å². The third-order valence-electron chi connectivity index (χ3n) is 5.20. The molecule has 0 amide bonds. The van der Waals surface area contributed by atoms with Crippen LogP contribution in [0.3, 0.4) is 0 Å². The van der Waals surface area contributed by atoms with Crippen molar-refractivity contribution in [3.05, 3.63) is 70.8 Å². The summed E-state index contributed by atoms with van der Waals surface area (Å²) in [5.74, 6) is -0.938. The third kappa shape index (κ3) is 4.68. The number of Topliss-reactive ketones (excluding diaryl/α,β-unsaturated/α-hetero) is 1. The molecule has 0 bridgehead atoms.